The molecule has 2 N–H and O–H groups in total. The Kier molecular flexibility index (Phi) is 6.61. The third-order valence-electron chi connectivity index (χ3n) is 6.98. The van der Waals surface area contributed by atoms with Crippen LogP contribution in [0, 0.1) is 11.6 Å². The SMILES string of the molecule is N[C@@H](CC(=O)N1CCn2c(nnc2C(F)(F)F)C1)C1C[C@H](COc2ccccc2)c2cc(F)c(F)cc21. The van der Waals surface area contributed by atoms with Gasteiger partial charge in [-0.3, -0.25) is 4.79 Å². The lowest BCUT2D eigenvalue weighted by Gasteiger charge is -2.30. The van der Waals surface area contributed by atoms with E-state index in [1.807, 2.05) is 18.2 Å². The fraction of sp³-hybridized carbons (Fsp3) is 0.400. The largest absolute Gasteiger partial charge is 0.493 e. The molecule has 3 atom stereocenters. The van der Waals surface area contributed by atoms with Crippen LogP contribution in [0.3, 0.4) is 0 Å². The highest BCUT2D eigenvalue weighted by Gasteiger charge is 2.41. The molecule has 1 aliphatic heterocycles. The summed E-state index contributed by atoms with van der Waals surface area (Å²) >= 11 is 0. The van der Waals surface area contributed by atoms with Gasteiger partial charge in [0.15, 0.2) is 17.5 Å². The minimum Gasteiger partial charge on any atom is -0.493 e. The van der Waals surface area contributed by atoms with Crippen LogP contribution in [-0.2, 0) is 24.1 Å². The van der Waals surface area contributed by atoms with E-state index in [9.17, 15) is 26.7 Å². The van der Waals surface area contributed by atoms with Crippen LogP contribution in [0.5, 0.6) is 5.75 Å². The fourth-order valence-corrected chi connectivity index (χ4v) is 5.14. The summed E-state index contributed by atoms with van der Waals surface area (Å²) in [6.07, 6.45) is -4.32. The minimum absolute atomic E-state index is 0.0439. The van der Waals surface area contributed by atoms with Crippen molar-refractivity contribution in [3.8, 4) is 5.75 Å². The molecule has 0 radical (unpaired) electrons. The number of carbonyl (C=O) groups is 1. The molecular weight excluding hydrogens is 497 g/mol. The van der Waals surface area contributed by atoms with Crippen molar-refractivity contribution in [3.63, 3.8) is 0 Å². The molecule has 0 spiro atoms. The summed E-state index contributed by atoms with van der Waals surface area (Å²) in [6, 6.07) is 10.7. The maximum atomic E-state index is 14.2. The third kappa shape index (κ3) is 5.02. The van der Waals surface area contributed by atoms with Crippen molar-refractivity contribution in [2.45, 2.75) is 50.0 Å². The van der Waals surface area contributed by atoms with Crippen molar-refractivity contribution < 1.29 is 31.5 Å². The zero-order valence-electron chi connectivity index (χ0n) is 19.6. The number of hydrogen-bond donors (Lipinski definition) is 1. The lowest BCUT2D eigenvalue weighted by Crippen LogP contribution is -2.42. The quantitative estimate of drug-likeness (QED) is 0.496. The number of amides is 1. The van der Waals surface area contributed by atoms with Gasteiger partial charge in [-0.15, -0.1) is 10.2 Å². The Balaban J connectivity index is 1.28. The molecule has 1 aromatic heterocycles. The van der Waals surface area contributed by atoms with Gasteiger partial charge in [0.05, 0.1) is 13.2 Å². The van der Waals surface area contributed by atoms with E-state index in [2.05, 4.69) is 10.2 Å². The Bertz CT molecular complexity index is 1300. The maximum absolute atomic E-state index is 14.2. The number of hydrogen-bond acceptors (Lipinski definition) is 5. The van der Waals surface area contributed by atoms with Crippen LogP contribution in [0.2, 0.25) is 0 Å². The molecular formula is C25H24F5N5O2. The second kappa shape index (κ2) is 9.73. The predicted octanol–water partition coefficient (Wildman–Crippen LogP) is 3.98. The van der Waals surface area contributed by atoms with Crippen molar-refractivity contribution >= 4 is 5.91 Å². The molecule has 3 aromatic rings. The molecule has 37 heavy (non-hydrogen) atoms. The van der Waals surface area contributed by atoms with Gasteiger partial charge >= 0.3 is 6.18 Å². The van der Waals surface area contributed by atoms with Crippen LogP contribution in [-0.4, -0.2) is 44.8 Å². The van der Waals surface area contributed by atoms with Gasteiger partial charge in [0.1, 0.15) is 5.75 Å². The molecule has 0 saturated heterocycles. The van der Waals surface area contributed by atoms with Gasteiger partial charge in [-0.25, -0.2) is 8.78 Å². The molecule has 1 aliphatic carbocycles. The number of carbonyl (C=O) groups excluding carboxylic acids is 1. The summed E-state index contributed by atoms with van der Waals surface area (Å²) < 4.78 is 74.3. The Morgan fingerprint density at radius 2 is 1.78 bits per heavy atom. The van der Waals surface area contributed by atoms with Crippen LogP contribution in [0.1, 0.15) is 47.5 Å². The van der Waals surface area contributed by atoms with Gasteiger partial charge in [-0.05, 0) is 41.8 Å². The first-order valence-corrected chi connectivity index (χ1v) is 11.8. The highest BCUT2D eigenvalue weighted by atomic mass is 19.4. The Morgan fingerprint density at radius 3 is 2.49 bits per heavy atom. The molecule has 12 heteroatoms. The van der Waals surface area contributed by atoms with Crippen LogP contribution in [0.15, 0.2) is 42.5 Å². The average molecular weight is 521 g/mol. The van der Waals surface area contributed by atoms with Gasteiger partial charge in [0.2, 0.25) is 11.7 Å². The normalized spacial score (nSPS) is 19.9. The standard InChI is InChI=1S/C25H24F5N5O2/c26-19-9-16-14(13-37-15-4-2-1-3-5-15)8-18(17(16)10-20(19)27)21(31)11-23(36)34-6-7-35-22(12-34)32-33-24(35)25(28,29)30/h1-5,9-10,14,18,21H,6-8,11-13,31H2/t14-,18?,21+/m1/s1. The van der Waals surface area contributed by atoms with Crippen molar-refractivity contribution in [2.24, 2.45) is 5.73 Å². The molecule has 0 saturated carbocycles. The number of aromatic nitrogens is 3. The molecule has 5 rings (SSSR count). The molecule has 0 bridgehead atoms. The minimum atomic E-state index is -4.63. The van der Waals surface area contributed by atoms with E-state index in [1.54, 1.807) is 12.1 Å². The van der Waals surface area contributed by atoms with E-state index in [1.165, 1.54) is 4.90 Å². The number of halogens is 5. The Hall–Kier alpha value is -3.54. The van der Waals surface area contributed by atoms with E-state index in [0.29, 0.717) is 23.3 Å². The van der Waals surface area contributed by atoms with E-state index in [-0.39, 0.29) is 50.3 Å². The zero-order valence-corrected chi connectivity index (χ0v) is 19.6. The number of fused-ring (bicyclic) bond motifs is 2. The first-order valence-electron chi connectivity index (χ1n) is 11.8. The number of alkyl halides is 3. The lowest BCUT2D eigenvalue weighted by atomic mass is 9.90. The summed E-state index contributed by atoms with van der Waals surface area (Å²) in [5, 5.41) is 6.81. The van der Waals surface area contributed by atoms with Crippen LogP contribution in [0.25, 0.3) is 0 Å². The molecule has 1 amide bonds. The van der Waals surface area contributed by atoms with Crippen molar-refractivity contribution in [3.05, 3.63) is 76.9 Å². The smallest absolute Gasteiger partial charge is 0.451 e. The fourth-order valence-electron chi connectivity index (χ4n) is 5.14. The number of ether oxygens (including phenoxy) is 1. The van der Waals surface area contributed by atoms with Crippen molar-refractivity contribution in [1.82, 2.24) is 19.7 Å². The molecule has 196 valence electrons. The predicted molar refractivity (Wildman–Crippen MR) is 121 cm³/mol. The Labute approximate surface area is 209 Å². The average Bonchev–Trinajstić information content (AvgIpc) is 3.45. The first-order chi connectivity index (χ1) is 17.6. The summed E-state index contributed by atoms with van der Waals surface area (Å²) in [6.45, 7) is 0.0634. The summed E-state index contributed by atoms with van der Waals surface area (Å²) in [5.74, 6) is -3.42. The van der Waals surface area contributed by atoms with Gasteiger partial charge in [0, 0.05) is 37.4 Å². The van der Waals surface area contributed by atoms with Crippen molar-refractivity contribution in [2.75, 3.05) is 13.2 Å². The van der Waals surface area contributed by atoms with Crippen molar-refractivity contribution in [1.29, 1.82) is 0 Å². The summed E-state index contributed by atoms with van der Waals surface area (Å²) in [5.41, 5.74) is 7.56. The van der Waals surface area contributed by atoms with E-state index >= 15 is 0 Å². The molecule has 1 unspecified atom stereocenters. The molecule has 2 heterocycles. The molecule has 2 aromatic carbocycles. The number of nitrogens with two attached hydrogens (primary N) is 1. The first kappa shape index (κ1) is 25.1. The third-order valence-corrected chi connectivity index (χ3v) is 6.98. The van der Waals surface area contributed by atoms with Crippen LogP contribution in [0.4, 0.5) is 22.0 Å². The van der Waals surface area contributed by atoms with Gasteiger partial charge < -0.3 is 19.9 Å². The van der Waals surface area contributed by atoms with Crippen LogP contribution < -0.4 is 10.5 Å². The number of nitrogens with zero attached hydrogens (tertiary/aromatic N) is 4. The number of rotatable bonds is 6. The lowest BCUT2D eigenvalue weighted by molar-refractivity contribution is -0.148. The second-order valence-electron chi connectivity index (χ2n) is 9.33. The number of benzene rings is 2. The van der Waals surface area contributed by atoms with Gasteiger partial charge in [-0.1, -0.05) is 18.2 Å². The van der Waals surface area contributed by atoms with Crippen LogP contribution >= 0.6 is 0 Å². The van der Waals surface area contributed by atoms with E-state index < -0.39 is 35.6 Å². The zero-order chi connectivity index (χ0) is 26.3. The van der Waals surface area contributed by atoms with E-state index in [0.717, 1.165) is 16.7 Å². The van der Waals surface area contributed by atoms with E-state index in [4.69, 9.17) is 10.5 Å². The second-order valence-corrected chi connectivity index (χ2v) is 9.33. The summed E-state index contributed by atoms with van der Waals surface area (Å²) in [4.78, 5) is 14.4. The number of para-hydroxylation sites is 1. The monoisotopic (exact) mass is 521 g/mol. The van der Waals surface area contributed by atoms with Gasteiger partial charge in [-0.2, -0.15) is 13.2 Å². The highest BCUT2D eigenvalue weighted by Crippen LogP contribution is 2.45. The molecule has 2 aliphatic rings. The highest BCUT2D eigenvalue weighted by molar-refractivity contribution is 5.77. The maximum Gasteiger partial charge on any atom is 0.451 e. The molecule has 0 fully saturated rings. The Morgan fingerprint density at radius 1 is 1.08 bits per heavy atom. The van der Waals surface area contributed by atoms with Gasteiger partial charge in [0.25, 0.3) is 0 Å². The molecule has 7 nitrogen and oxygen atoms in total. The summed E-state index contributed by atoms with van der Waals surface area (Å²) in [7, 11) is 0. The topological polar surface area (TPSA) is 86.3 Å².